The molecule has 0 radical (unpaired) electrons. The zero-order chi connectivity index (χ0) is 11.0. The van der Waals surface area contributed by atoms with E-state index in [1.807, 2.05) is 18.2 Å². The predicted octanol–water partition coefficient (Wildman–Crippen LogP) is 2.73. The predicted molar refractivity (Wildman–Crippen MR) is 62.5 cm³/mol. The Balaban J connectivity index is 2.12. The lowest BCUT2D eigenvalue weighted by molar-refractivity contribution is -0.0211. The first-order valence-corrected chi connectivity index (χ1v) is 5.70. The molecule has 1 heterocycles. The average Bonchev–Trinajstić information content (AvgIpc) is 2.16. The van der Waals surface area contributed by atoms with Crippen molar-refractivity contribution in [2.24, 2.45) is 0 Å². The Morgan fingerprint density at radius 3 is 2.53 bits per heavy atom. The van der Waals surface area contributed by atoms with Crippen molar-refractivity contribution < 1.29 is 5.11 Å². The van der Waals surface area contributed by atoms with E-state index in [-0.39, 0.29) is 12.1 Å². The second-order valence-corrected chi connectivity index (χ2v) is 4.77. The third-order valence-corrected chi connectivity index (χ3v) is 3.60. The maximum Gasteiger partial charge on any atom is 0.0794 e. The molecule has 0 bridgehead atoms. The summed E-state index contributed by atoms with van der Waals surface area (Å²) >= 11 is 11.8. The molecule has 1 atom stereocenters. The van der Waals surface area contributed by atoms with Crippen molar-refractivity contribution in [2.45, 2.75) is 19.1 Å². The Kier molecular flexibility index (Phi) is 3.21. The summed E-state index contributed by atoms with van der Waals surface area (Å²) in [7, 11) is 0. The molecular weight excluding hydrogens is 233 g/mol. The molecule has 0 saturated carbocycles. The highest BCUT2D eigenvalue weighted by Crippen LogP contribution is 2.30. The molecule has 4 heteroatoms. The number of aliphatic hydroxyl groups excluding tert-OH is 1. The van der Waals surface area contributed by atoms with Crippen LogP contribution in [0.15, 0.2) is 18.2 Å². The van der Waals surface area contributed by atoms with Gasteiger partial charge >= 0.3 is 0 Å². The number of nitrogens with zero attached hydrogens (tertiary/aromatic N) is 1. The zero-order valence-electron chi connectivity index (χ0n) is 8.45. The lowest BCUT2D eigenvalue weighted by Crippen LogP contribution is -2.51. The van der Waals surface area contributed by atoms with E-state index in [0.717, 1.165) is 18.7 Å². The number of hydrogen-bond donors (Lipinski definition) is 1. The first-order valence-electron chi connectivity index (χ1n) is 4.95. The van der Waals surface area contributed by atoms with Gasteiger partial charge in [0, 0.05) is 19.1 Å². The smallest absolute Gasteiger partial charge is 0.0794 e. The Hall–Kier alpha value is -0.280. The molecule has 15 heavy (non-hydrogen) atoms. The Morgan fingerprint density at radius 1 is 1.33 bits per heavy atom. The van der Waals surface area contributed by atoms with Crippen molar-refractivity contribution in [1.82, 2.24) is 4.90 Å². The first kappa shape index (κ1) is 11.2. The van der Waals surface area contributed by atoms with Crippen molar-refractivity contribution in [3.63, 3.8) is 0 Å². The van der Waals surface area contributed by atoms with Gasteiger partial charge in [-0.3, -0.25) is 4.90 Å². The van der Waals surface area contributed by atoms with Gasteiger partial charge in [-0.25, -0.2) is 0 Å². The lowest BCUT2D eigenvalue weighted by atomic mass is 10.0. The highest BCUT2D eigenvalue weighted by molar-refractivity contribution is 6.42. The zero-order valence-corrected chi connectivity index (χ0v) is 9.96. The van der Waals surface area contributed by atoms with Crippen LogP contribution >= 0.6 is 23.2 Å². The monoisotopic (exact) mass is 245 g/mol. The lowest BCUT2D eigenvalue weighted by Gasteiger charge is -2.40. The van der Waals surface area contributed by atoms with Gasteiger partial charge in [0.1, 0.15) is 0 Å². The fourth-order valence-electron chi connectivity index (χ4n) is 1.79. The third-order valence-electron chi connectivity index (χ3n) is 2.86. The molecule has 0 aromatic heterocycles. The summed E-state index contributed by atoms with van der Waals surface area (Å²) < 4.78 is 0. The minimum atomic E-state index is -0.171. The fourth-order valence-corrected chi connectivity index (χ4v) is 2.09. The van der Waals surface area contributed by atoms with Crippen molar-refractivity contribution in [3.05, 3.63) is 33.8 Å². The highest BCUT2D eigenvalue weighted by atomic mass is 35.5. The average molecular weight is 246 g/mol. The van der Waals surface area contributed by atoms with Crippen molar-refractivity contribution in [3.8, 4) is 0 Å². The van der Waals surface area contributed by atoms with E-state index in [9.17, 15) is 5.11 Å². The molecule has 1 N–H and O–H groups in total. The van der Waals surface area contributed by atoms with Gasteiger partial charge in [0.15, 0.2) is 0 Å². The number of likely N-dealkylation sites (tertiary alicyclic amines) is 1. The third kappa shape index (κ3) is 2.28. The minimum Gasteiger partial charge on any atom is -0.390 e. The van der Waals surface area contributed by atoms with Crippen molar-refractivity contribution in [2.75, 3.05) is 13.1 Å². The number of rotatable bonds is 2. The molecule has 1 unspecified atom stereocenters. The van der Waals surface area contributed by atoms with Gasteiger partial charge < -0.3 is 5.11 Å². The Bertz CT molecular complexity index is 364. The van der Waals surface area contributed by atoms with Gasteiger partial charge in [0.05, 0.1) is 16.1 Å². The van der Waals surface area contributed by atoms with Gasteiger partial charge in [-0.2, -0.15) is 0 Å². The van der Waals surface area contributed by atoms with Crippen LogP contribution in [-0.2, 0) is 0 Å². The van der Waals surface area contributed by atoms with Gasteiger partial charge in [-0.15, -0.1) is 0 Å². The van der Waals surface area contributed by atoms with Crippen LogP contribution in [0.4, 0.5) is 0 Å². The van der Waals surface area contributed by atoms with Crippen LogP contribution in [0.3, 0.4) is 0 Å². The van der Waals surface area contributed by atoms with E-state index in [2.05, 4.69) is 11.8 Å². The van der Waals surface area contributed by atoms with Gasteiger partial charge in [-0.1, -0.05) is 29.3 Å². The molecule has 1 fully saturated rings. The van der Waals surface area contributed by atoms with Crippen molar-refractivity contribution in [1.29, 1.82) is 0 Å². The van der Waals surface area contributed by atoms with E-state index in [4.69, 9.17) is 23.2 Å². The number of aliphatic hydroxyl groups is 1. The molecule has 2 nitrogen and oxygen atoms in total. The quantitative estimate of drug-likeness (QED) is 0.867. The fraction of sp³-hybridized carbons (Fsp3) is 0.455. The van der Waals surface area contributed by atoms with E-state index < -0.39 is 0 Å². The molecule has 1 aromatic rings. The number of benzene rings is 1. The molecule has 1 aliphatic heterocycles. The molecule has 1 aliphatic rings. The van der Waals surface area contributed by atoms with Crippen LogP contribution in [0.25, 0.3) is 0 Å². The van der Waals surface area contributed by atoms with Crippen LogP contribution in [-0.4, -0.2) is 29.2 Å². The number of β-amino-alcohol motifs (C(OH)–C–C–N with tert-alkyl or cyclic N) is 1. The molecule has 1 aromatic carbocycles. The molecule has 82 valence electrons. The van der Waals surface area contributed by atoms with Gasteiger partial charge in [0.25, 0.3) is 0 Å². The maximum absolute atomic E-state index is 9.22. The molecule has 0 amide bonds. The summed E-state index contributed by atoms with van der Waals surface area (Å²) in [6, 6.07) is 5.96. The highest BCUT2D eigenvalue weighted by Gasteiger charge is 2.29. The molecule has 0 spiro atoms. The summed E-state index contributed by atoms with van der Waals surface area (Å²) in [5.74, 6) is 0. The maximum atomic E-state index is 9.22. The van der Waals surface area contributed by atoms with Crippen LogP contribution in [0, 0.1) is 0 Å². The van der Waals surface area contributed by atoms with Crippen LogP contribution in [0.5, 0.6) is 0 Å². The molecule has 2 rings (SSSR count). The number of halogens is 2. The van der Waals surface area contributed by atoms with Crippen LogP contribution in [0.1, 0.15) is 18.5 Å². The van der Waals surface area contributed by atoms with E-state index >= 15 is 0 Å². The van der Waals surface area contributed by atoms with E-state index in [1.165, 1.54) is 0 Å². The SMILES string of the molecule is CC(c1ccc(Cl)c(Cl)c1)N1CC(O)C1. The summed E-state index contributed by atoms with van der Waals surface area (Å²) in [5, 5.41) is 10.4. The standard InChI is InChI=1S/C11H13Cl2NO/c1-7(14-5-9(15)6-14)8-2-3-10(12)11(13)4-8/h2-4,7,9,15H,5-6H2,1H3. The Labute approximate surface area is 99.4 Å². The van der Waals surface area contributed by atoms with E-state index in [0.29, 0.717) is 10.0 Å². The first-order chi connectivity index (χ1) is 7.08. The minimum absolute atomic E-state index is 0.171. The summed E-state index contributed by atoms with van der Waals surface area (Å²) in [5.41, 5.74) is 1.14. The van der Waals surface area contributed by atoms with E-state index in [1.54, 1.807) is 0 Å². The Morgan fingerprint density at radius 2 is 2.00 bits per heavy atom. The topological polar surface area (TPSA) is 23.5 Å². The summed E-state index contributed by atoms with van der Waals surface area (Å²) in [6.45, 7) is 3.58. The molecule has 1 saturated heterocycles. The molecular formula is C11H13Cl2NO. The number of hydrogen-bond acceptors (Lipinski definition) is 2. The van der Waals surface area contributed by atoms with Crippen LogP contribution < -0.4 is 0 Å². The summed E-state index contributed by atoms with van der Waals surface area (Å²) in [4.78, 5) is 2.20. The molecule has 0 aliphatic carbocycles. The summed E-state index contributed by atoms with van der Waals surface area (Å²) in [6.07, 6.45) is -0.171. The van der Waals surface area contributed by atoms with Crippen molar-refractivity contribution >= 4 is 23.2 Å². The van der Waals surface area contributed by atoms with Gasteiger partial charge in [-0.05, 0) is 24.6 Å². The normalized spacial score (nSPS) is 20.0. The van der Waals surface area contributed by atoms with Crippen LogP contribution in [0.2, 0.25) is 10.0 Å². The van der Waals surface area contributed by atoms with Gasteiger partial charge in [0.2, 0.25) is 0 Å². The largest absolute Gasteiger partial charge is 0.390 e. The second kappa shape index (κ2) is 4.30. The second-order valence-electron chi connectivity index (χ2n) is 3.96.